The summed E-state index contributed by atoms with van der Waals surface area (Å²) < 4.78 is 5.50. The number of nitrogens with zero attached hydrogens (tertiary/aromatic N) is 3. The highest BCUT2D eigenvalue weighted by molar-refractivity contribution is 6.30. The maximum absolute atomic E-state index is 12.9. The van der Waals surface area contributed by atoms with Gasteiger partial charge in [-0.2, -0.15) is 0 Å². The number of aromatic nitrogens is 5. The van der Waals surface area contributed by atoms with E-state index in [0.29, 0.717) is 29.8 Å². The summed E-state index contributed by atoms with van der Waals surface area (Å²) in [5.74, 6) is 0.762. The second kappa shape index (κ2) is 6.87. The Balaban J connectivity index is 1.53. The summed E-state index contributed by atoms with van der Waals surface area (Å²) >= 11 is 6.32. The van der Waals surface area contributed by atoms with Crippen LogP contribution in [0.25, 0.3) is 33.3 Å². The van der Waals surface area contributed by atoms with Gasteiger partial charge in [0.15, 0.2) is 0 Å². The van der Waals surface area contributed by atoms with E-state index in [1.165, 1.54) is 0 Å². The standard InChI is InChI=1S/C23H22ClN5O2/c1-23(5-6-23)20-13-10-14(22(30)27-15(13)2-7-25-20)21-26-16-11-17(24)28-18(19(16)29-21)12-3-8-31-9-4-12/h2,7,10-12H,3-6,8-9H2,1H3,(H,26,29)(H,27,30). The van der Waals surface area contributed by atoms with Crippen LogP contribution in [-0.2, 0) is 10.2 Å². The van der Waals surface area contributed by atoms with Gasteiger partial charge in [-0.05, 0) is 37.8 Å². The molecule has 4 aromatic rings. The lowest BCUT2D eigenvalue weighted by molar-refractivity contribution is 0.0848. The lowest BCUT2D eigenvalue weighted by Gasteiger charge is -2.21. The van der Waals surface area contributed by atoms with E-state index in [9.17, 15) is 4.79 Å². The van der Waals surface area contributed by atoms with Crippen molar-refractivity contribution < 1.29 is 4.74 Å². The molecule has 1 aliphatic heterocycles. The lowest BCUT2D eigenvalue weighted by atomic mass is 9.95. The first kappa shape index (κ1) is 19.0. The summed E-state index contributed by atoms with van der Waals surface area (Å²) in [6.07, 6.45) is 5.75. The second-order valence-corrected chi connectivity index (χ2v) is 9.28. The van der Waals surface area contributed by atoms with Gasteiger partial charge in [-0.15, -0.1) is 0 Å². The normalized spacial score (nSPS) is 18.6. The predicted molar refractivity (Wildman–Crippen MR) is 120 cm³/mol. The van der Waals surface area contributed by atoms with E-state index in [1.54, 1.807) is 12.3 Å². The molecule has 0 unspecified atom stereocenters. The summed E-state index contributed by atoms with van der Waals surface area (Å²) in [6.45, 7) is 3.63. The summed E-state index contributed by atoms with van der Waals surface area (Å²) in [7, 11) is 0. The second-order valence-electron chi connectivity index (χ2n) is 8.89. The quantitative estimate of drug-likeness (QED) is 0.463. The zero-order valence-corrected chi connectivity index (χ0v) is 17.9. The van der Waals surface area contributed by atoms with Crippen molar-refractivity contribution in [2.24, 2.45) is 0 Å². The Morgan fingerprint density at radius 2 is 1.94 bits per heavy atom. The third-order valence-corrected chi connectivity index (χ3v) is 6.87. The highest BCUT2D eigenvalue weighted by Crippen LogP contribution is 2.48. The fraction of sp³-hybridized carbons (Fsp3) is 0.391. The molecule has 1 saturated heterocycles. The lowest BCUT2D eigenvalue weighted by Crippen LogP contribution is -2.15. The number of nitrogens with one attached hydrogen (secondary N) is 2. The maximum Gasteiger partial charge on any atom is 0.259 e. The number of pyridine rings is 3. The van der Waals surface area contributed by atoms with Gasteiger partial charge in [0.25, 0.3) is 5.56 Å². The molecule has 5 heterocycles. The van der Waals surface area contributed by atoms with Gasteiger partial charge in [0.05, 0.1) is 28.0 Å². The minimum atomic E-state index is -0.184. The van der Waals surface area contributed by atoms with Gasteiger partial charge in [0.1, 0.15) is 16.5 Å². The zero-order chi connectivity index (χ0) is 21.2. The minimum absolute atomic E-state index is 0.0799. The molecule has 8 heteroatoms. The van der Waals surface area contributed by atoms with E-state index in [1.807, 2.05) is 12.1 Å². The molecule has 0 atom stereocenters. The van der Waals surface area contributed by atoms with E-state index in [4.69, 9.17) is 21.3 Å². The Hall–Kier alpha value is -2.77. The van der Waals surface area contributed by atoms with Crippen LogP contribution in [0.5, 0.6) is 0 Å². The molecule has 158 valence electrons. The topological polar surface area (TPSA) is 96.6 Å². The number of aromatic amines is 2. The number of fused-ring (bicyclic) bond motifs is 2. The Kier molecular flexibility index (Phi) is 4.20. The van der Waals surface area contributed by atoms with Crippen LogP contribution in [0, 0.1) is 0 Å². The molecule has 1 saturated carbocycles. The monoisotopic (exact) mass is 435 g/mol. The van der Waals surface area contributed by atoms with Crippen LogP contribution < -0.4 is 5.56 Å². The van der Waals surface area contributed by atoms with Crippen molar-refractivity contribution in [2.45, 2.75) is 43.9 Å². The van der Waals surface area contributed by atoms with Crippen LogP contribution in [0.3, 0.4) is 0 Å². The predicted octanol–water partition coefficient (Wildman–Crippen LogP) is 4.46. The molecule has 2 aliphatic rings. The first-order valence-electron chi connectivity index (χ1n) is 10.7. The minimum Gasteiger partial charge on any atom is -0.381 e. The van der Waals surface area contributed by atoms with Gasteiger partial charge in [0, 0.05) is 42.2 Å². The van der Waals surface area contributed by atoms with Crippen molar-refractivity contribution in [1.29, 1.82) is 0 Å². The van der Waals surface area contributed by atoms with Crippen molar-refractivity contribution in [3.05, 3.63) is 51.3 Å². The molecule has 1 aliphatic carbocycles. The molecular formula is C23H22ClN5O2. The Labute approximate surface area is 183 Å². The van der Waals surface area contributed by atoms with Crippen molar-refractivity contribution in [1.82, 2.24) is 24.9 Å². The number of H-pyrrole nitrogens is 2. The van der Waals surface area contributed by atoms with Crippen LogP contribution in [0.4, 0.5) is 0 Å². The number of rotatable bonds is 3. The fourth-order valence-corrected chi connectivity index (χ4v) is 4.80. The molecule has 2 fully saturated rings. The smallest absolute Gasteiger partial charge is 0.259 e. The molecule has 0 spiro atoms. The van der Waals surface area contributed by atoms with Crippen LogP contribution >= 0.6 is 11.6 Å². The van der Waals surface area contributed by atoms with Crippen LogP contribution in [0.1, 0.15) is 49.9 Å². The van der Waals surface area contributed by atoms with Crippen molar-refractivity contribution in [3.63, 3.8) is 0 Å². The maximum atomic E-state index is 12.9. The first-order valence-corrected chi connectivity index (χ1v) is 11.1. The molecule has 0 amide bonds. The number of ether oxygens (including phenoxy) is 1. The summed E-state index contributed by atoms with van der Waals surface area (Å²) in [5, 5.41) is 1.39. The average Bonchev–Trinajstić information content (AvgIpc) is 3.38. The molecule has 6 rings (SSSR count). The summed E-state index contributed by atoms with van der Waals surface area (Å²) in [5.41, 5.74) is 4.66. The van der Waals surface area contributed by atoms with Gasteiger partial charge in [-0.3, -0.25) is 9.78 Å². The Morgan fingerprint density at radius 1 is 1.13 bits per heavy atom. The van der Waals surface area contributed by atoms with Gasteiger partial charge in [0.2, 0.25) is 0 Å². The Bertz CT molecular complexity index is 1380. The van der Waals surface area contributed by atoms with Crippen molar-refractivity contribution in [3.8, 4) is 11.4 Å². The van der Waals surface area contributed by atoms with E-state index in [2.05, 4.69) is 26.9 Å². The van der Waals surface area contributed by atoms with Crippen LogP contribution in [0.15, 0.2) is 29.2 Å². The first-order chi connectivity index (χ1) is 15.0. The number of hydrogen-bond donors (Lipinski definition) is 2. The highest BCUT2D eigenvalue weighted by atomic mass is 35.5. The number of imidazole rings is 1. The van der Waals surface area contributed by atoms with Crippen LogP contribution in [-0.4, -0.2) is 38.1 Å². The molecular weight excluding hydrogens is 414 g/mol. The van der Waals surface area contributed by atoms with Gasteiger partial charge >= 0.3 is 0 Å². The third kappa shape index (κ3) is 3.15. The van der Waals surface area contributed by atoms with E-state index >= 15 is 0 Å². The number of hydrogen-bond acceptors (Lipinski definition) is 5. The van der Waals surface area contributed by atoms with Gasteiger partial charge in [-0.25, -0.2) is 9.97 Å². The summed E-state index contributed by atoms with van der Waals surface area (Å²) in [6, 6.07) is 5.53. The van der Waals surface area contributed by atoms with Gasteiger partial charge in [-0.1, -0.05) is 18.5 Å². The molecule has 0 aromatic carbocycles. The van der Waals surface area contributed by atoms with E-state index in [0.717, 1.165) is 59.0 Å². The molecule has 31 heavy (non-hydrogen) atoms. The molecule has 4 aromatic heterocycles. The van der Waals surface area contributed by atoms with E-state index in [-0.39, 0.29) is 16.9 Å². The highest BCUT2D eigenvalue weighted by Gasteiger charge is 2.41. The third-order valence-electron chi connectivity index (χ3n) is 6.67. The SMILES string of the molecule is CC1(c2nccc3[nH]c(=O)c(-c4nc5c(C6CCOCC6)nc(Cl)cc5[nH]4)cc23)CC1. The van der Waals surface area contributed by atoms with E-state index < -0.39 is 0 Å². The molecule has 2 N–H and O–H groups in total. The van der Waals surface area contributed by atoms with Crippen molar-refractivity contribution >= 4 is 33.5 Å². The Morgan fingerprint density at radius 3 is 2.71 bits per heavy atom. The molecule has 0 bridgehead atoms. The van der Waals surface area contributed by atoms with Gasteiger partial charge < -0.3 is 14.7 Å². The fourth-order valence-electron chi connectivity index (χ4n) is 4.60. The summed E-state index contributed by atoms with van der Waals surface area (Å²) in [4.78, 5) is 33.3. The van der Waals surface area contributed by atoms with Crippen LogP contribution in [0.2, 0.25) is 5.15 Å². The molecule has 0 radical (unpaired) electrons. The van der Waals surface area contributed by atoms with Crippen molar-refractivity contribution in [2.75, 3.05) is 13.2 Å². The zero-order valence-electron chi connectivity index (χ0n) is 17.2. The largest absolute Gasteiger partial charge is 0.381 e. The average molecular weight is 436 g/mol. The molecule has 7 nitrogen and oxygen atoms in total. The number of halogens is 1.